The van der Waals surface area contributed by atoms with Gasteiger partial charge in [0, 0.05) is 12.1 Å². The summed E-state index contributed by atoms with van der Waals surface area (Å²) < 4.78 is 1.86. The summed E-state index contributed by atoms with van der Waals surface area (Å²) >= 11 is 12.1. The highest BCUT2D eigenvalue weighted by Gasteiger charge is 2.31. The number of fused-ring (bicyclic) bond motifs is 1. The van der Waals surface area contributed by atoms with Crippen LogP contribution in [0, 0.1) is 5.92 Å². The molecule has 0 fully saturated rings. The van der Waals surface area contributed by atoms with E-state index in [-0.39, 0.29) is 5.78 Å². The predicted octanol–water partition coefficient (Wildman–Crippen LogP) is 5.69. The van der Waals surface area contributed by atoms with E-state index >= 15 is 0 Å². The number of nitrogens with one attached hydrogen (secondary N) is 1. The maximum absolute atomic E-state index is 12.7. The largest absolute Gasteiger partial charge is 0.338 e. The molecule has 0 amide bonds. The minimum absolute atomic E-state index is 0.114. The number of carbonyl (C=O) groups excluding carboxylic acids is 1. The van der Waals surface area contributed by atoms with Crippen LogP contribution in [0.2, 0.25) is 10.0 Å². The number of rotatable bonds is 3. The van der Waals surface area contributed by atoms with Crippen LogP contribution in [-0.2, 0) is 6.42 Å². The van der Waals surface area contributed by atoms with Gasteiger partial charge in [-0.1, -0.05) is 48.3 Å². The van der Waals surface area contributed by atoms with Crippen molar-refractivity contribution in [2.45, 2.75) is 19.8 Å². The van der Waals surface area contributed by atoms with Crippen LogP contribution in [0.15, 0.2) is 48.5 Å². The number of halogens is 2. The summed E-state index contributed by atoms with van der Waals surface area (Å²) in [6.45, 7) is 2.09. The van der Waals surface area contributed by atoms with E-state index in [0.29, 0.717) is 33.8 Å². The summed E-state index contributed by atoms with van der Waals surface area (Å²) in [6.07, 6.45) is 1.34. The minimum Gasteiger partial charge on any atom is -0.338 e. The monoisotopic (exact) mass is 385 g/mol. The Morgan fingerprint density at radius 1 is 1.08 bits per heavy atom. The molecule has 26 heavy (non-hydrogen) atoms. The van der Waals surface area contributed by atoms with Crippen LogP contribution in [0.4, 0.5) is 11.5 Å². The lowest BCUT2D eigenvalue weighted by Crippen LogP contribution is -2.19. The van der Waals surface area contributed by atoms with E-state index in [1.165, 1.54) is 0 Å². The smallest absolute Gasteiger partial charge is 0.168 e. The molecule has 3 aromatic rings. The molecule has 0 unspecified atom stereocenters. The first-order valence-electron chi connectivity index (χ1n) is 8.45. The van der Waals surface area contributed by atoms with Gasteiger partial charge in [-0.05, 0) is 42.7 Å². The fourth-order valence-electron chi connectivity index (χ4n) is 3.34. The molecule has 132 valence electrons. The molecule has 0 aliphatic heterocycles. The zero-order valence-corrected chi connectivity index (χ0v) is 15.7. The van der Waals surface area contributed by atoms with E-state index in [9.17, 15) is 4.79 Å². The quantitative estimate of drug-likeness (QED) is 0.629. The Labute approximate surface area is 161 Å². The van der Waals surface area contributed by atoms with Crippen molar-refractivity contribution in [3.63, 3.8) is 0 Å². The van der Waals surface area contributed by atoms with Gasteiger partial charge in [0.25, 0.3) is 0 Å². The maximum atomic E-state index is 12.7. The number of aromatic nitrogens is 2. The molecule has 1 aliphatic carbocycles. The van der Waals surface area contributed by atoms with Gasteiger partial charge in [0.15, 0.2) is 11.6 Å². The normalized spacial score (nSPS) is 16.4. The van der Waals surface area contributed by atoms with Crippen molar-refractivity contribution < 1.29 is 4.79 Å². The predicted molar refractivity (Wildman–Crippen MR) is 105 cm³/mol. The van der Waals surface area contributed by atoms with E-state index in [1.54, 1.807) is 12.1 Å². The molecule has 1 aromatic heterocycles. The molecule has 4 nitrogen and oxygen atoms in total. The van der Waals surface area contributed by atoms with Crippen molar-refractivity contribution in [1.82, 2.24) is 9.78 Å². The number of benzene rings is 2. The van der Waals surface area contributed by atoms with Gasteiger partial charge < -0.3 is 5.32 Å². The molecule has 0 radical (unpaired) electrons. The minimum atomic E-state index is 0.114. The Morgan fingerprint density at radius 2 is 1.85 bits per heavy atom. The van der Waals surface area contributed by atoms with E-state index < -0.39 is 0 Å². The molecule has 1 heterocycles. The second-order valence-corrected chi connectivity index (χ2v) is 7.42. The third-order valence-corrected chi connectivity index (χ3v) is 5.26. The van der Waals surface area contributed by atoms with Crippen molar-refractivity contribution in [2.75, 3.05) is 5.32 Å². The lowest BCUT2D eigenvalue weighted by Gasteiger charge is -2.19. The standard InChI is InChI=1S/C20H17Cl2N3O/c1-12-9-17-19(18(26)10-12)20(23-13-7-8-15(21)16(22)11-13)24-25(17)14-5-3-2-4-6-14/h2-8,11-12H,9-10H2,1H3,(H,23,24)/t12-/m1/s1. The Balaban J connectivity index is 1.82. The van der Waals surface area contributed by atoms with Gasteiger partial charge in [-0.15, -0.1) is 5.10 Å². The van der Waals surface area contributed by atoms with Gasteiger partial charge in [0.2, 0.25) is 0 Å². The van der Waals surface area contributed by atoms with Crippen molar-refractivity contribution in [1.29, 1.82) is 0 Å². The van der Waals surface area contributed by atoms with E-state index in [4.69, 9.17) is 28.3 Å². The van der Waals surface area contributed by atoms with Crippen LogP contribution in [0.25, 0.3) is 5.69 Å². The number of anilines is 2. The zero-order valence-electron chi connectivity index (χ0n) is 14.2. The van der Waals surface area contributed by atoms with Gasteiger partial charge in [-0.3, -0.25) is 4.79 Å². The lowest BCUT2D eigenvalue weighted by atomic mass is 9.87. The highest BCUT2D eigenvalue weighted by atomic mass is 35.5. The summed E-state index contributed by atoms with van der Waals surface area (Å²) in [5, 5.41) is 8.88. The molecule has 1 N–H and O–H groups in total. The van der Waals surface area contributed by atoms with Crippen LogP contribution in [0.5, 0.6) is 0 Å². The number of ketones is 1. The van der Waals surface area contributed by atoms with E-state index in [0.717, 1.165) is 23.5 Å². The van der Waals surface area contributed by atoms with Crippen LogP contribution < -0.4 is 5.32 Å². The van der Waals surface area contributed by atoms with Crippen LogP contribution in [0.3, 0.4) is 0 Å². The first kappa shape index (κ1) is 17.1. The molecule has 0 spiro atoms. The first-order valence-corrected chi connectivity index (χ1v) is 9.21. The van der Waals surface area contributed by atoms with Crippen LogP contribution in [0.1, 0.15) is 29.4 Å². The van der Waals surface area contributed by atoms with E-state index in [2.05, 4.69) is 12.2 Å². The number of nitrogens with zero attached hydrogens (tertiary/aromatic N) is 2. The molecule has 0 saturated heterocycles. The van der Waals surface area contributed by atoms with Crippen molar-refractivity contribution in [3.8, 4) is 5.69 Å². The molecule has 0 saturated carbocycles. The lowest BCUT2D eigenvalue weighted by molar-refractivity contribution is 0.0953. The van der Waals surface area contributed by atoms with Gasteiger partial charge in [0.1, 0.15) is 0 Å². The third-order valence-electron chi connectivity index (χ3n) is 4.52. The number of hydrogen-bond acceptors (Lipinski definition) is 3. The van der Waals surface area contributed by atoms with Gasteiger partial charge in [-0.25, -0.2) is 4.68 Å². The zero-order chi connectivity index (χ0) is 18.3. The van der Waals surface area contributed by atoms with Crippen molar-refractivity contribution >= 4 is 40.5 Å². The Hall–Kier alpha value is -2.30. The summed E-state index contributed by atoms with van der Waals surface area (Å²) in [6, 6.07) is 15.1. The van der Waals surface area contributed by atoms with Crippen molar-refractivity contribution in [2.24, 2.45) is 5.92 Å². The summed E-state index contributed by atoms with van der Waals surface area (Å²) in [7, 11) is 0. The van der Waals surface area contributed by atoms with Gasteiger partial charge in [0.05, 0.1) is 27.0 Å². The molecule has 0 bridgehead atoms. The number of hydrogen-bond donors (Lipinski definition) is 1. The summed E-state index contributed by atoms with van der Waals surface area (Å²) in [5.74, 6) is 0.967. The summed E-state index contributed by atoms with van der Waals surface area (Å²) in [4.78, 5) is 12.7. The molecule has 1 atom stereocenters. The highest BCUT2D eigenvalue weighted by molar-refractivity contribution is 6.42. The van der Waals surface area contributed by atoms with E-state index in [1.807, 2.05) is 41.1 Å². The van der Waals surface area contributed by atoms with Gasteiger partial charge >= 0.3 is 0 Å². The number of carbonyl (C=O) groups is 1. The Bertz CT molecular complexity index is 982. The first-order chi connectivity index (χ1) is 12.5. The number of Topliss-reactive ketones (excluding diaryl/α,β-unsaturated/α-hetero) is 1. The molecule has 1 aliphatic rings. The topological polar surface area (TPSA) is 46.9 Å². The maximum Gasteiger partial charge on any atom is 0.168 e. The summed E-state index contributed by atoms with van der Waals surface area (Å²) in [5.41, 5.74) is 3.29. The SMILES string of the molecule is C[C@H]1CC(=O)c2c(Nc3ccc(Cl)c(Cl)c3)nn(-c3ccccc3)c2C1. The fraction of sp³-hybridized carbons (Fsp3) is 0.200. The second-order valence-electron chi connectivity index (χ2n) is 6.61. The fourth-order valence-corrected chi connectivity index (χ4v) is 3.63. The molecule has 2 aromatic carbocycles. The van der Waals surface area contributed by atoms with Crippen molar-refractivity contribution in [3.05, 3.63) is 69.8 Å². The van der Waals surface area contributed by atoms with Crippen LogP contribution in [-0.4, -0.2) is 15.6 Å². The van der Waals surface area contributed by atoms with Gasteiger partial charge in [-0.2, -0.15) is 0 Å². The molecular weight excluding hydrogens is 369 g/mol. The third kappa shape index (κ3) is 3.11. The second kappa shape index (κ2) is 6.78. The Morgan fingerprint density at radius 3 is 2.58 bits per heavy atom. The molecule has 6 heteroatoms. The molecule has 4 rings (SSSR count). The molecular formula is C20H17Cl2N3O. The van der Waals surface area contributed by atoms with Crippen LogP contribution >= 0.6 is 23.2 Å². The highest BCUT2D eigenvalue weighted by Crippen LogP contribution is 2.34. The average molecular weight is 386 g/mol. The number of para-hydroxylation sites is 1. The average Bonchev–Trinajstić information content (AvgIpc) is 2.97. The Kier molecular flexibility index (Phi) is 4.47.